The molecule has 152 valence electrons. The molecule has 6 heteroatoms. The summed E-state index contributed by atoms with van der Waals surface area (Å²) in [5, 5.41) is 0.957. The van der Waals surface area contributed by atoms with E-state index in [1.165, 1.54) is 12.1 Å². The number of para-hydroxylation sites is 1. The SMILES string of the molecule is CCOP(=O)(Cc1c(C2CC2)nc2ccccc2c1-c1ccc(F)cc1)OCC. The van der Waals surface area contributed by atoms with E-state index in [1.807, 2.05) is 38.1 Å². The number of halogens is 1. The number of hydrogen-bond acceptors (Lipinski definition) is 4. The number of aromatic nitrogens is 1. The molecule has 0 aliphatic heterocycles. The Labute approximate surface area is 170 Å². The lowest BCUT2D eigenvalue weighted by atomic mass is 9.93. The lowest BCUT2D eigenvalue weighted by Gasteiger charge is -2.22. The number of hydrogen-bond donors (Lipinski definition) is 0. The van der Waals surface area contributed by atoms with Crippen molar-refractivity contribution < 1.29 is 18.0 Å². The minimum Gasteiger partial charge on any atom is -0.309 e. The third-order valence-electron chi connectivity index (χ3n) is 5.13. The quantitative estimate of drug-likeness (QED) is 0.386. The van der Waals surface area contributed by atoms with Crippen molar-refractivity contribution in [3.05, 3.63) is 65.6 Å². The van der Waals surface area contributed by atoms with Gasteiger partial charge in [0.2, 0.25) is 0 Å². The Kier molecular flexibility index (Phi) is 5.82. The molecule has 2 aromatic carbocycles. The van der Waals surface area contributed by atoms with Crippen LogP contribution in [0.3, 0.4) is 0 Å². The highest BCUT2D eigenvalue weighted by Gasteiger charge is 2.34. The molecule has 0 spiro atoms. The van der Waals surface area contributed by atoms with Crippen molar-refractivity contribution in [3.8, 4) is 11.1 Å². The maximum Gasteiger partial charge on any atom is 0.335 e. The number of fused-ring (bicyclic) bond motifs is 1. The van der Waals surface area contributed by atoms with Crippen molar-refractivity contribution in [1.29, 1.82) is 0 Å². The standard InChI is InChI=1S/C23H25FNO3P/c1-3-27-29(26,28-4-2)15-20-22(16-11-13-18(24)14-12-16)19-7-5-6-8-21(19)25-23(20)17-9-10-17/h5-8,11-14,17H,3-4,9-10,15H2,1-2H3. The molecule has 0 unspecified atom stereocenters. The first kappa shape index (κ1) is 20.2. The molecular weight excluding hydrogens is 388 g/mol. The number of nitrogens with zero attached hydrogens (tertiary/aromatic N) is 1. The molecule has 1 aromatic heterocycles. The van der Waals surface area contributed by atoms with Gasteiger partial charge in [-0.05, 0) is 61.6 Å². The summed E-state index contributed by atoms with van der Waals surface area (Å²) >= 11 is 0. The maximum absolute atomic E-state index is 13.6. The second-order valence-corrected chi connectivity index (χ2v) is 9.31. The Bertz CT molecular complexity index is 1050. The van der Waals surface area contributed by atoms with Crippen LogP contribution in [0.5, 0.6) is 0 Å². The van der Waals surface area contributed by atoms with E-state index in [-0.39, 0.29) is 12.0 Å². The molecular formula is C23H25FNO3P. The summed E-state index contributed by atoms with van der Waals surface area (Å²) in [6, 6.07) is 14.4. The number of pyridine rings is 1. The van der Waals surface area contributed by atoms with Gasteiger partial charge in [-0.2, -0.15) is 0 Å². The largest absolute Gasteiger partial charge is 0.335 e. The van der Waals surface area contributed by atoms with Crippen LogP contribution < -0.4 is 0 Å². The molecule has 0 atom stereocenters. The number of benzene rings is 2. The molecule has 1 saturated carbocycles. The van der Waals surface area contributed by atoms with E-state index in [0.29, 0.717) is 19.1 Å². The van der Waals surface area contributed by atoms with E-state index < -0.39 is 7.60 Å². The van der Waals surface area contributed by atoms with E-state index in [4.69, 9.17) is 14.0 Å². The molecule has 1 aliphatic rings. The lowest BCUT2D eigenvalue weighted by Crippen LogP contribution is -2.06. The van der Waals surface area contributed by atoms with Crippen LogP contribution in [0.2, 0.25) is 0 Å². The Morgan fingerprint density at radius 2 is 1.69 bits per heavy atom. The highest BCUT2D eigenvalue weighted by Crippen LogP contribution is 2.55. The first-order valence-electron chi connectivity index (χ1n) is 10.1. The van der Waals surface area contributed by atoms with Gasteiger partial charge in [-0.25, -0.2) is 4.39 Å². The van der Waals surface area contributed by atoms with Gasteiger partial charge in [-0.15, -0.1) is 0 Å². The van der Waals surface area contributed by atoms with Crippen molar-refractivity contribution in [2.75, 3.05) is 13.2 Å². The van der Waals surface area contributed by atoms with Crippen molar-refractivity contribution in [2.24, 2.45) is 0 Å². The van der Waals surface area contributed by atoms with Gasteiger partial charge in [0.1, 0.15) is 5.82 Å². The molecule has 3 aromatic rings. The second-order valence-electron chi connectivity index (χ2n) is 7.25. The molecule has 0 radical (unpaired) electrons. The summed E-state index contributed by atoms with van der Waals surface area (Å²) in [4.78, 5) is 4.94. The zero-order valence-electron chi connectivity index (χ0n) is 16.7. The third kappa shape index (κ3) is 4.28. The van der Waals surface area contributed by atoms with Crippen LogP contribution in [0, 0.1) is 5.82 Å². The summed E-state index contributed by atoms with van der Waals surface area (Å²) in [5.41, 5.74) is 4.56. The van der Waals surface area contributed by atoms with Crippen molar-refractivity contribution in [2.45, 2.75) is 38.8 Å². The van der Waals surface area contributed by atoms with Crippen molar-refractivity contribution in [3.63, 3.8) is 0 Å². The zero-order chi connectivity index (χ0) is 20.4. The van der Waals surface area contributed by atoms with Gasteiger partial charge < -0.3 is 9.05 Å². The topological polar surface area (TPSA) is 48.4 Å². The van der Waals surface area contributed by atoms with Crippen LogP contribution in [0.1, 0.15) is 43.9 Å². The van der Waals surface area contributed by atoms with Crippen LogP contribution in [0.25, 0.3) is 22.0 Å². The lowest BCUT2D eigenvalue weighted by molar-refractivity contribution is 0.219. The van der Waals surface area contributed by atoms with E-state index >= 15 is 0 Å². The van der Waals surface area contributed by atoms with E-state index in [9.17, 15) is 8.96 Å². The van der Waals surface area contributed by atoms with Crippen LogP contribution in [0.15, 0.2) is 48.5 Å². The second kappa shape index (κ2) is 8.35. The molecule has 1 heterocycles. The van der Waals surface area contributed by atoms with Gasteiger partial charge in [0.15, 0.2) is 0 Å². The predicted molar refractivity (Wildman–Crippen MR) is 114 cm³/mol. The summed E-state index contributed by atoms with van der Waals surface area (Å²) < 4.78 is 38.2. The smallest absolute Gasteiger partial charge is 0.309 e. The Balaban J connectivity index is 1.97. The van der Waals surface area contributed by atoms with Gasteiger partial charge in [-0.3, -0.25) is 9.55 Å². The highest BCUT2D eigenvalue weighted by molar-refractivity contribution is 7.53. The van der Waals surface area contributed by atoms with E-state index in [2.05, 4.69) is 0 Å². The molecule has 0 bridgehead atoms. The van der Waals surface area contributed by atoms with Gasteiger partial charge in [0.05, 0.1) is 24.9 Å². The Hall–Kier alpha value is -2.07. The highest BCUT2D eigenvalue weighted by atomic mass is 31.2. The molecule has 0 N–H and O–H groups in total. The minimum absolute atomic E-state index is 0.158. The molecule has 0 amide bonds. The molecule has 1 aliphatic carbocycles. The van der Waals surface area contributed by atoms with Crippen molar-refractivity contribution >= 4 is 18.5 Å². The molecule has 4 nitrogen and oxygen atoms in total. The van der Waals surface area contributed by atoms with E-state index in [0.717, 1.165) is 46.1 Å². The fourth-order valence-corrected chi connectivity index (χ4v) is 5.54. The Morgan fingerprint density at radius 3 is 2.31 bits per heavy atom. The normalized spacial score (nSPS) is 14.4. The number of rotatable bonds is 8. The molecule has 4 rings (SSSR count). The fraction of sp³-hybridized carbons (Fsp3) is 0.348. The molecule has 1 fully saturated rings. The summed E-state index contributed by atoms with van der Waals surface area (Å²) in [6.45, 7) is 4.24. The van der Waals surface area contributed by atoms with Gasteiger partial charge in [0, 0.05) is 17.0 Å². The van der Waals surface area contributed by atoms with Gasteiger partial charge in [0.25, 0.3) is 0 Å². The van der Waals surface area contributed by atoms with Crippen molar-refractivity contribution in [1.82, 2.24) is 4.98 Å². The monoisotopic (exact) mass is 413 g/mol. The first-order chi connectivity index (χ1) is 14.0. The summed E-state index contributed by atoms with van der Waals surface area (Å²) in [6.07, 6.45) is 2.29. The summed E-state index contributed by atoms with van der Waals surface area (Å²) in [5.74, 6) is 0.0656. The van der Waals surface area contributed by atoms with Crippen LogP contribution in [-0.4, -0.2) is 18.2 Å². The first-order valence-corrected chi connectivity index (χ1v) is 11.8. The Morgan fingerprint density at radius 1 is 1.03 bits per heavy atom. The van der Waals surface area contributed by atoms with Crippen LogP contribution in [0.4, 0.5) is 4.39 Å². The molecule has 0 saturated heterocycles. The average molecular weight is 413 g/mol. The zero-order valence-corrected chi connectivity index (χ0v) is 17.6. The summed E-state index contributed by atoms with van der Waals surface area (Å²) in [7, 11) is -3.33. The van der Waals surface area contributed by atoms with Crippen LogP contribution in [-0.2, 0) is 19.8 Å². The third-order valence-corrected chi connectivity index (χ3v) is 7.13. The average Bonchev–Trinajstić information content (AvgIpc) is 3.54. The van der Waals surface area contributed by atoms with Crippen LogP contribution >= 0.6 is 7.60 Å². The molecule has 29 heavy (non-hydrogen) atoms. The maximum atomic E-state index is 13.6. The van der Waals surface area contributed by atoms with E-state index in [1.54, 1.807) is 12.1 Å². The minimum atomic E-state index is -3.33. The van der Waals surface area contributed by atoms with Gasteiger partial charge >= 0.3 is 7.60 Å². The predicted octanol–water partition coefficient (Wildman–Crippen LogP) is 6.68. The fourth-order valence-electron chi connectivity index (χ4n) is 3.79. The van der Waals surface area contributed by atoms with Gasteiger partial charge in [-0.1, -0.05) is 30.3 Å².